The summed E-state index contributed by atoms with van der Waals surface area (Å²) in [5.41, 5.74) is 4.48. The Balaban J connectivity index is 2.09. The van der Waals surface area contributed by atoms with Gasteiger partial charge >= 0.3 is 6.08 Å². The van der Waals surface area contributed by atoms with Crippen molar-refractivity contribution in [3.05, 3.63) is 12.4 Å². The van der Waals surface area contributed by atoms with Gasteiger partial charge in [0.1, 0.15) is 6.23 Å². The number of terminal acetylenes is 1. The summed E-state index contributed by atoms with van der Waals surface area (Å²) < 4.78 is 28.5. The van der Waals surface area contributed by atoms with E-state index in [0.717, 1.165) is 0 Å². The number of nitrogens with zero attached hydrogens (tertiary/aromatic N) is 4. The fourth-order valence-electron chi connectivity index (χ4n) is 2.46. The van der Waals surface area contributed by atoms with Gasteiger partial charge in [-0.3, -0.25) is 4.57 Å². The maximum absolute atomic E-state index is 13.4. The summed E-state index contributed by atoms with van der Waals surface area (Å²) in [4.78, 5) is 11.1. The fraction of sp³-hybridized carbons (Fsp3) is 0.462. The Morgan fingerprint density at radius 3 is 3.14 bits per heavy atom. The van der Waals surface area contributed by atoms with Gasteiger partial charge in [-0.2, -0.15) is 14.4 Å². The molecule has 21 heavy (non-hydrogen) atoms. The molecule has 3 heterocycles. The number of anilines is 1. The highest BCUT2D eigenvalue weighted by atomic mass is 19.1. The van der Waals surface area contributed by atoms with Gasteiger partial charge in [0.25, 0.3) is 0 Å². The predicted octanol–water partition coefficient (Wildman–Crippen LogP) is 0.609. The van der Waals surface area contributed by atoms with E-state index >= 15 is 0 Å². The first-order valence-electron chi connectivity index (χ1n) is 6.87. The molecule has 1 aliphatic heterocycles. The van der Waals surface area contributed by atoms with Crippen molar-refractivity contribution in [2.24, 2.45) is 0 Å². The zero-order valence-corrected chi connectivity index (χ0v) is 11.2. The van der Waals surface area contributed by atoms with Crippen molar-refractivity contribution in [3.63, 3.8) is 0 Å². The van der Waals surface area contributed by atoms with Gasteiger partial charge in [-0.15, -0.1) is 6.42 Å². The molecule has 0 aliphatic carbocycles. The van der Waals surface area contributed by atoms with Crippen molar-refractivity contribution < 1.29 is 15.6 Å². The molecular weight excluding hydrogens is 277 g/mol. The Labute approximate surface area is 121 Å². The third-order valence-corrected chi connectivity index (χ3v) is 3.63. The number of aromatic nitrogens is 4. The van der Waals surface area contributed by atoms with Crippen LogP contribution in [0.5, 0.6) is 0 Å². The number of nitrogens with two attached hydrogens (primary N) is 1. The molecule has 1 fully saturated rings. The number of rotatable bonds is 2. The van der Waals surface area contributed by atoms with Crippen LogP contribution in [-0.2, 0) is 4.74 Å². The van der Waals surface area contributed by atoms with Gasteiger partial charge in [-0.05, 0) is 6.42 Å². The van der Waals surface area contributed by atoms with E-state index < -0.39 is 24.0 Å². The number of halogens is 1. The number of ether oxygens (including phenoxy) is 1. The summed E-state index contributed by atoms with van der Waals surface area (Å²) in [6, 6.07) is 0. The number of imidazole rings is 1. The first-order valence-corrected chi connectivity index (χ1v) is 6.37. The van der Waals surface area contributed by atoms with Crippen molar-refractivity contribution >= 4 is 17.0 Å². The molecule has 0 spiro atoms. The van der Waals surface area contributed by atoms with Crippen LogP contribution >= 0.6 is 0 Å². The molecule has 1 saturated heterocycles. The molecule has 110 valence electrons. The number of hydrogen-bond donors (Lipinski definition) is 2. The second kappa shape index (κ2) is 4.65. The molecule has 2 aromatic heterocycles. The number of nitrogen functional groups attached to an aromatic ring is 1. The van der Waals surface area contributed by atoms with Gasteiger partial charge in [-0.25, -0.2) is 4.98 Å². The molecule has 0 unspecified atom stereocenters. The summed E-state index contributed by atoms with van der Waals surface area (Å²) in [5.74, 6) is 2.26. The van der Waals surface area contributed by atoms with Crippen molar-refractivity contribution in [1.29, 1.82) is 0 Å². The molecule has 8 heteroatoms. The van der Waals surface area contributed by atoms with Crippen LogP contribution in [0.3, 0.4) is 0 Å². The lowest BCUT2D eigenvalue weighted by Crippen LogP contribution is -2.36. The lowest BCUT2D eigenvalue weighted by Gasteiger charge is -2.24. The molecule has 2 aromatic rings. The van der Waals surface area contributed by atoms with Crippen molar-refractivity contribution in [2.45, 2.75) is 37.7 Å². The van der Waals surface area contributed by atoms with Gasteiger partial charge in [0.15, 0.2) is 22.6 Å². The van der Waals surface area contributed by atoms with Crippen LogP contribution in [0.1, 0.15) is 27.4 Å². The van der Waals surface area contributed by atoms with Gasteiger partial charge in [-0.1, -0.05) is 12.8 Å². The van der Waals surface area contributed by atoms with Crippen LogP contribution in [0, 0.1) is 18.4 Å². The molecule has 0 aromatic carbocycles. The van der Waals surface area contributed by atoms with Crippen LogP contribution in [0.15, 0.2) is 6.33 Å². The van der Waals surface area contributed by atoms with Gasteiger partial charge < -0.3 is 15.6 Å². The Morgan fingerprint density at radius 2 is 2.52 bits per heavy atom. The molecule has 3 N–H and O–H groups in total. The summed E-state index contributed by atoms with van der Waals surface area (Å²) in [6.45, 7) is 1.72. The van der Waals surface area contributed by atoms with Crippen LogP contribution in [0.4, 0.5) is 10.2 Å². The van der Waals surface area contributed by atoms with E-state index in [9.17, 15) is 9.50 Å². The van der Waals surface area contributed by atoms with E-state index in [1.54, 1.807) is 6.92 Å². The molecule has 0 amide bonds. The Bertz CT molecular complexity index is 787. The molecule has 1 aliphatic rings. The van der Waals surface area contributed by atoms with Crippen LogP contribution in [-0.4, -0.2) is 36.3 Å². The van der Waals surface area contributed by atoms with Gasteiger partial charge in [0.05, 0.1) is 13.8 Å². The molecule has 3 rings (SSSR count). The smallest absolute Gasteiger partial charge is 0.312 e. The standard InChI is InChI=1S/C13H14FN5O2/c1-3-13(4-2)7(20)5-8(21-13)19-6-16-9-10(15)17-12(14)18-11(9)19/h1,6-8,20H,4-5H2,2H3,(H2,15,17,18)/t7-,8-,13-/m1/s1/i7D. The van der Waals surface area contributed by atoms with Crippen LogP contribution < -0.4 is 5.73 Å². The fourth-order valence-corrected chi connectivity index (χ4v) is 2.46. The second-order valence-corrected chi connectivity index (χ2v) is 4.75. The van der Waals surface area contributed by atoms with E-state index in [0.29, 0.717) is 0 Å². The van der Waals surface area contributed by atoms with E-state index in [-0.39, 0.29) is 29.8 Å². The molecule has 7 nitrogen and oxygen atoms in total. The summed E-state index contributed by atoms with van der Waals surface area (Å²) >= 11 is 0. The zero-order chi connectivity index (χ0) is 16.1. The summed E-state index contributed by atoms with van der Waals surface area (Å²) in [7, 11) is 0. The highest BCUT2D eigenvalue weighted by Gasteiger charge is 2.46. The number of aliphatic hydroxyl groups is 1. The third kappa shape index (κ3) is 1.93. The highest BCUT2D eigenvalue weighted by molar-refractivity contribution is 5.81. The van der Waals surface area contributed by atoms with Gasteiger partial charge in [0.2, 0.25) is 0 Å². The van der Waals surface area contributed by atoms with Crippen LogP contribution in [0.2, 0.25) is 0 Å². The third-order valence-electron chi connectivity index (χ3n) is 3.63. The minimum atomic E-state index is -1.98. The SMILES string of the molecule is [2H][C@@]1(O)C[C@H](n2cnc3c(N)nc(F)nc32)O[C@]1(C#C)CC. The largest absolute Gasteiger partial charge is 0.389 e. The van der Waals surface area contributed by atoms with E-state index in [2.05, 4.69) is 20.9 Å². The topological polar surface area (TPSA) is 99.1 Å². The molecular formula is C13H14FN5O2. The van der Waals surface area contributed by atoms with Crippen molar-refractivity contribution in [3.8, 4) is 12.3 Å². The predicted molar refractivity (Wildman–Crippen MR) is 72.3 cm³/mol. The van der Waals surface area contributed by atoms with E-state index in [1.807, 2.05) is 0 Å². The van der Waals surface area contributed by atoms with E-state index in [4.69, 9.17) is 18.3 Å². The second-order valence-electron chi connectivity index (χ2n) is 4.75. The monoisotopic (exact) mass is 292 g/mol. The zero-order valence-electron chi connectivity index (χ0n) is 12.2. The maximum Gasteiger partial charge on any atom is 0.312 e. The lowest BCUT2D eigenvalue weighted by molar-refractivity contribution is -0.0648. The molecule has 3 atom stereocenters. The Kier molecular flexibility index (Phi) is 2.77. The highest BCUT2D eigenvalue weighted by Crippen LogP contribution is 2.39. The average Bonchev–Trinajstić information content (AvgIpc) is 2.97. The minimum absolute atomic E-state index is 0.0981. The first-order chi connectivity index (χ1) is 10.3. The Morgan fingerprint density at radius 1 is 1.76 bits per heavy atom. The van der Waals surface area contributed by atoms with Crippen molar-refractivity contribution in [1.82, 2.24) is 19.5 Å². The average molecular weight is 292 g/mol. The summed E-state index contributed by atoms with van der Waals surface area (Å²) in [5, 5.41) is 10.3. The van der Waals surface area contributed by atoms with Gasteiger partial charge in [0, 0.05) is 6.42 Å². The number of fused-ring (bicyclic) bond motifs is 1. The quantitative estimate of drug-likeness (QED) is 0.621. The maximum atomic E-state index is 13.4. The minimum Gasteiger partial charge on any atom is -0.389 e. The molecule has 0 saturated carbocycles. The van der Waals surface area contributed by atoms with E-state index in [1.165, 1.54) is 10.9 Å². The first kappa shape index (κ1) is 12.5. The van der Waals surface area contributed by atoms with Crippen molar-refractivity contribution in [2.75, 3.05) is 5.73 Å². The van der Waals surface area contributed by atoms with Crippen LogP contribution in [0.25, 0.3) is 11.2 Å². The summed E-state index contributed by atoms with van der Waals surface area (Å²) in [6.07, 6.45) is 3.15. The lowest BCUT2D eigenvalue weighted by atomic mass is 9.95. The number of hydrogen-bond acceptors (Lipinski definition) is 6. The molecule has 0 radical (unpaired) electrons. The molecule has 0 bridgehead atoms. The Hall–Kier alpha value is -2.24. The normalized spacial score (nSPS) is 33.0.